The molecule has 3 aliphatic rings. The molecule has 3 heterocycles. The Morgan fingerprint density at radius 3 is 2.29 bits per heavy atom. The highest BCUT2D eigenvalue weighted by atomic mass is 16.5. The predicted molar refractivity (Wildman–Crippen MR) is 65.6 cm³/mol. The van der Waals surface area contributed by atoms with Gasteiger partial charge < -0.3 is 20.9 Å². The second kappa shape index (κ2) is 4.50. The summed E-state index contributed by atoms with van der Waals surface area (Å²) >= 11 is 0. The summed E-state index contributed by atoms with van der Waals surface area (Å²) in [5.41, 5.74) is 5.74. The van der Waals surface area contributed by atoms with Gasteiger partial charge in [-0.25, -0.2) is 0 Å². The lowest BCUT2D eigenvalue weighted by Crippen LogP contribution is -2.60. The lowest BCUT2D eigenvalue weighted by molar-refractivity contribution is -0.0601. The number of hydrogen-bond donors (Lipinski definition) is 3. The monoisotopic (exact) mass is 240 g/mol. The molecule has 0 amide bonds. The maximum absolute atomic E-state index is 10.9. The van der Waals surface area contributed by atoms with Crippen LogP contribution in [0.3, 0.4) is 0 Å². The first-order valence-corrected chi connectivity index (χ1v) is 6.99. The Morgan fingerprint density at radius 2 is 1.71 bits per heavy atom. The van der Waals surface area contributed by atoms with Crippen LogP contribution >= 0.6 is 0 Å². The van der Waals surface area contributed by atoms with Crippen molar-refractivity contribution in [3.05, 3.63) is 0 Å². The Kier molecular flexibility index (Phi) is 3.15. The molecule has 0 aromatic heterocycles. The normalized spacial score (nSPS) is 44.8. The zero-order valence-electron chi connectivity index (χ0n) is 10.4. The minimum absolute atomic E-state index is 0.0726. The van der Waals surface area contributed by atoms with Crippen LogP contribution < -0.4 is 11.1 Å². The maximum atomic E-state index is 10.9. The van der Waals surface area contributed by atoms with E-state index in [1.54, 1.807) is 0 Å². The van der Waals surface area contributed by atoms with Gasteiger partial charge in [0, 0.05) is 31.3 Å². The number of fused-ring (bicyclic) bond motifs is 2. The van der Waals surface area contributed by atoms with Crippen LogP contribution in [0, 0.1) is 5.92 Å². The van der Waals surface area contributed by atoms with Crippen molar-refractivity contribution in [3.63, 3.8) is 0 Å². The van der Waals surface area contributed by atoms with Crippen LogP contribution in [0.5, 0.6) is 0 Å². The van der Waals surface area contributed by atoms with E-state index in [9.17, 15) is 5.11 Å². The Hall–Kier alpha value is -0.160. The third kappa shape index (κ3) is 2.24. The van der Waals surface area contributed by atoms with E-state index in [1.165, 1.54) is 12.8 Å². The number of nitrogens with one attached hydrogen (secondary N) is 1. The zero-order valence-corrected chi connectivity index (χ0v) is 10.4. The standard InChI is InChI=1S/C13H24N2O2/c14-12(9-3-5-17-6-4-9)13(16)7-10-1-2-11(8-13)15-10/h9-12,15-16H,1-8,14H2. The van der Waals surface area contributed by atoms with Crippen molar-refractivity contribution in [2.45, 2.75) is 62.3 Å². The number of nitrogens with two attached hydrogens (primary N) is 1. The van der Waals surface area contributed by atoms with E-state index in [2.05, 4.69) is 5.32 Å². The van der Waals surface area contributed by atoms with Gasteiger partial charge in [0.1, 0.15) is 0 Å². The Morgan fingerprint density at radius 1 is 1.12 bits per heavy atom. The minimum atomic E-state index is -0.640. The molecule has 4 nitrogen and oxygen atoms in total. The first kappa shape index (κ1) is 11.9. The summed E-state index contributed by atoms with van der Waals surface area (Å²) in [5, 5.41) is 14.4. The Bertz CT molecular complexity index is 267. The SMILES string of the molecule is NC(C1CCOCC1)C1(O)CC2CCC(C1)N2. The molecule has 3 saturated heterocycles. The summed E-state index contributed by atoms with van der Waals surface area (Å²) in [6.07, 6.45) is 6.09. The van der Waals surface area contributed by atoms with Crippen molar-refractivity contribution in [1.82, 2.24) is 5.32 Å². The lowest BCUT2D eigenvalue weighted by Gasteiger charge is -2.44. The summed E-state index contributed by atoms with van der Waals surface area (Å²) in [6.45, 7) is 1.61. The van der Waals surface area contributed by atoms with Crippen LogP contribution in [0.4, 0.5) is 0 Å². The molecular formula is C13H24N2O2. The largest absolute Gasteiger partial charge is 0.388 e. The second-order valence-electron chi connectivity index (χ2n) is 6.13. The van der Waals surface area contributed by atoms with Crippen molar-refractivity contribution in [3.8, 4) is 0 Å². The van der Waals surface area contributed by atoms with Crippen LogP contribution in [0.15, 0.2) is 0 Å². The van der Waals surface area contributed by atoms with Gasteiger partial charge in [-0.15, -0.1) is 0 Å². The fourth-order valence-electron chi connectivity index (χ4n) is 3.95. The molecule has 0 saturated carbocycles. The van der Waals surface area contributed by atoms with Gasteiger partial charge in [0.15, 0.2) is 0 Å². The minimum Gasteiger partial charge on any atom is -0.388 e. The highest BCUT2D eigenvalue weighted by Gasteiger charge is 2.47. The van der Waals surface area contributed by atoms with Crippen LogP contribution in [-0.2, 0) is 4.74 Å². The highest BCUT2D eigenvalue weighted by Crippen LogP contribution is 2.38. The highest BCUT2D eigenvalue weighted by molar-refractivity contribution is 5.05. The fourth-order valence-corrected chi connectivity index (χ4v) is 3.95. The molecule has 3 fully saturated rings. The lowest BCUT2D eigenvalue weighted by atomic mass is 9.74. The molecule has 17 heavy (non-hydrogen) atoms. The van der Waals surface area contributed by atoms with Crippen LogP contribution in [0.1, 0.15) is 38.5 Å². The predicted octanol–water partition coefficient (Wildman–Crippen LogP) is 0.386. The molecule has 0 aliphatic carbocycles. The van der Waals surface area contributed by atoms with Gasteiger partial charge in [-0.1, -0.05) is 0 Å². The summed E-state index contributed by atoms with van der Waals surface area (Å²) < 4.78 is 5.38. The van der Waals surface area contributed by atoms with Gasteiger partial charge in [-0.05, 0) is 44.4 Å². The van der Waals surface area contributed by atoms with Crippen LogP contribution in [-0.4, -0.2) is 42.0 Å². The van der Waals surface area contributed by atoms with Crippen LogP contribution in [0.25, 0.3) is 0 Å². The number of rotatable bonds is 2. The number of piperidine rings is 1. The molecule has 3 aliphatic heterocycles. The number of hydrogen-bond acceptors (Lipinski definition) is 4. The van der Waals surface area contributed by atoms with E-state index >= 15 is 0 Å². The van der Waals surface area contributed by atoms with E-state index in [0.29, 0.717) is 18.0 Å². The van der Waals surface area contributed by atoms with Gasteiger partial charge in [0.25, 0.3) is 0 Å². The molecular weight excluding hydrogens is 216 g/mol. The van der Waals surface area contributed by atoms with Crippen LogP contribution in [0.2, 0.25) is 0 Å². The van der Waals surface area contributed by atoms with E-state index in [-0.39, 0.29) is 6.04 Å². The average molecular weight is 240 g/mol. The summed E-state index contributed by atoms with van der Waals surface area (Å²) in [4.78, 5) is 0. The molecule has 0 aromatic rings. The van der Waals surface area contributed by atoms with Gasteiger partial charge >= 0.3 is 0 Å². The molecule has 4 heteroatoms. The number of ether oxygens (including phenoxy) is 1. The smallest absolute Gasteiger partial charge is 0.0830 e. The quantitative estimate of drug-likeness (QED) is 0.653. The van der Waals surface area contributed by atoms with Crippen molar-refractivity contribution in [2.75, 3.05) is 13.2 Å². The van der Waals surface area contributed by atoms with Crippen molar-refractivity contribution in [1.29, 1.82) is 0 Å². The second-order valence-corrected chi connectivity index (χ2v) is 6.13. The van der Waals surface area contributed by atoms with E-state index in [0.717, 1.165) is 38.9 Å². The van der Waals surface area contributed by atoms with Crippen molar-refractivity contribution >= 4 is 0 Å². The first-order valence-electron chi connectivity index (χ1n) is 6.99. The summed E-state index contributed by atoms with van der Waals surface area (Å²) in [6, 6.07) is 0.908. The van der Waals surface area contributed by atoms with Gasteiger partial charge in [0.2, 0.25) is 0 Å². The van der Waals surface area contributed by atoms with Crippen molar-refractivity contribution < 1.29 is 9.84 Å². The Labute approximate surface area is 103 Å². The zero-order chi connectivity index (χ0) is 11.9. The van der Waals surface area contributed by atoms with Crippen molar-refractivity contribution in [2.24, 2.45) is 11.7 Å². The molecule has 98 valence electrons. The Balaban J connectivity index is 1.69. The van der Waals surface area contributed by atoms with E-state index < -0.39 is 5.60 Å². The topological polar surface area (TPSA) is 67.5 Å². The maximum Gasteiger partial charge on any atom is 0.0830 e. The van der Waals surface area contributed by atoms with Gasteiger partial charge in [-0.3, -0.25) is 0 Å². The molecule has 0 aromatic carbocycles. The first-order chi connectivity index (χ1) is 8.17. The molecule has 4 N–H and O–H groups in total. The summed E-state index contributed by atoms with van der Waals surface area (Å²) in [5.74, 6) is 0.436. The summed E-state index contributed by atoms with van der Waals surface area (Å²) in [7, 11) is 0. The molecule has 3 atom stereocenters. The van der Waals surface area contributed by atoms with Gasteiger partial charge in [-0.2, -0.15) is 0 Å². The van der Waals surface area contributed by atoms with E-state index in [1.807, 2.05) is 0 Å². The molecule has 0 radical (unpaired) electrons. The molecule has 3 unspecified atom stereocenters. The van der Waals surface area contributed by atoms with E-state index in [4.69, 9.17) is 10.5 Å². The van der Waals surface area contributed by atoms with Gasteiger partial charge in [0.05, 0.1) is 5.60 Å². The average Bonchev–Trinajstić information content (AvgIpc) is 2.69. The molecule has 0 spiro atoms. The third-order valence-electron chi connectivity index (χ3n) is 4.93. The molecule has 2 bridgehead atoms. The number of aliphatic hydroxyl groups is 1. The molecule has 3 rings (SSSR count). The third-order valence-corrected chi connectivity index (χ3v) is 4.93. The fraction of sp³-hybridized carbons (Fsp3) is 1.00.